The normalized spacial score (nSPS) is 14.6. The van der Waals surface area contributed by atoms with E-state index in [0.29, 0.717) is 18.5 Å². The van der Waals surface area contributed by atoms with Crippen LogP contribution in [0.4, 0.5) is 5.69 Å². The van der Waals surface area contributed by atoms with Crippen LogP contribution in [-0.4, -0.2) is 23.3 Å². The number of allylic oxidation sites excluding steroid dienone is 1. The van der Waals surface area contributed by atoms with Gasteiger partial charge in [-0.3, -0.25) is 9.59 Å². The van der Waals surface area contributed by atoms with E-state index in [9.17, 15) is 14.7 Å². The van der Waals surface area contributed by atoms with Gasteiger partial charge in [0.05, 0.1) is 0 Å². The number of amides is 1. The molecule has 23 heavy (non-hydrogen) atoms. The van der Waals surface area contributed by atoms with Gasteiger partial charge in [0.2, 0.25) is 5.91 Å². The average Bonchev–Trinajstić information content (AvgIpc) is 3.00. The second-order valence-electron chi connectivity index (χ2n) is 5.49. The predicted octanol–water partition coefficient (Wildman–Crippen LogP) is 3.42. The maximum atomic E-state index is 12.3. The summed E-state index contributed by atoms with van der Waals surface area (Å²) in [5, 5.41) is 9.24. The van der Waals surface area contributed by atoms with E-state index < -0.39 is 0 Å². The molecule has 3 rings (SSSR count). The predicted molar refractivity (Wildman–Crippen MR) is 89.5 cm³/mol. The molecule has 2 aromatic carbocycles. The zero-order valence-electron chi connectivity index (χ0n) is 12.6. The maximum absolute atomic E-state index is 12.3. The maximum Gasteiger partial charge on any atom is 0.227 e. The lowest BCUT2D eigenvalue weighted by Gasteiger charge is -2.16. The Balaban J connectivity index is 1.77. The highest BCUT2D eigenvalue weighted by molar-refractivity contribution is 6.08. The molecule has 1 heterocycles. The minimum atomic E-state index is -0.119. The van der Waals surface area contributed by atoms with E-state index in [4.69, 9.17) is 0 Å². The summed E-state index contributed by atoms with van der Waals surface area (Å²) in [5.74, 6) is 0.178. The number of carbonyl (C=O) groups excluding carboxylic acids is 2. The second-order valence-corrected chi connectivity index (χ2v) is 5.49. The van der Waals surface area contributed by atoms with Gasteiger partial charge < -0.3 is 10.0 Å². The lowest BCUT2D eigenvalue weighted by molar-refractivity contribution is -0.117. The molecule has 1 amide bonds. The molecule has 2 aromatic rings. The first-order valence-corrected chi connectivity index (χ1v) is 7.55. The van der Waals surface area contributed by atoms with Crippen molar-refractivity contribution in [2.24, 2.45) is 0 Å². The van der Waals surface area contributed by atoms with Crippen LogP contribution < -0.4 is 4.90 Å². The van der Waals surface area contributed by atoms with Gasteiger partial charge in [0.15, 0.2) is 5.78 Å². The molecular formula is C19H17NO3. The Kier molecular flexibility index (Phi) is 4.24. The molecule has 1 aliphatic rings. The zero-order valence-corrected chi connectivity index (χ0v) is 12.6. The number of benzene rings is 2. The summed E-state index contributed by atoms with van der Waals surface area (Å²) in [6.07, 6.45) is 4.63. The number of aromatic hydroxyl groups is 1. The Morgan fingerprint density at radius 3 is 2.61 bits per heavy atom. The molecule has 1 fully saturated rings. The van der Waals surface area contributed by atoms with Gasteiger partial charge in [-0.2, -0.15) is 0 Å². The Bertz CT molecular complexity index is 762. The zero-order chi connectivity index (χ0) is 16.2. The van der Waals surface area contributed by atoms with Crippen LogP contribution in [-0.2, 0) is 4.79 Å². The van der Waals surface area contributed by atoms with Crippen molar-refractivity contribution in [2.45, 2.75) is 12.8 Å². The summed E-state index contributed by atoms with van der Waals surface area (Å²) in [4.78, 5) is 25.8. The summed E-state index contributed by atoms with van der Waals surface area (Å²) < 4.78 is 0. The molecular weight excluding hydrogens is 290 g/mol. The van der Waals surface area contributed by atoms with E-state index in [0.717, 1.165) is 17.7 Å². The summed E-state index contributed by atoms with van der Waals surface area (Å²) in [5.41, 5.74) is 2.16. The molecule has 4 nitrogen and oxygen atoms in total. The van der Waals surface area contributed by atoms with E-state index in [-0.39, 0.29) is 17.4 Å². The first-order valence-electron chi connectivity index (χ1n) is 7.55. The fourth-order valence-electron chi connectivity index (χ4n) is 2.60. The highest BCUT2D eigenvalue weighted by Crippen LogP contribution is 2.22. The Morgan fingerprint density at radius 1 is 1.13 bits per heavy atom. The molecule has 1 N–H and O–H groups in total. The van der Waals surface area contributed by atoms with Crippen LogP contribution in [0.15, 0.2) is 54.6 Å². The Morgan fingerprint density at radius 2 is 1.91 bits per heavy atom. The minimum absolute atomic E-state index is 0.106. The summed E-state index contributed by atoms with van der Waals surface area (Å²) >= 11 is 0. The van der Waals surface area contributed by atoms with Gasteiger partial charge in [-0.1, -0.05) is 30.3 Å². The monoisotopic (exact) mass is 307 g/mol. The summed E-state index contributed by atoms with van der Waals surface area (Å²) in [6, 6.07) is 13.8. The van der Waals surface area contributed by atoms with Gasteiger partial charge in [-0.25, -0.2) is 0 Å². The van der Waals surface area contributed by atoms with Crippen LogP contribution in [0.1, 0.15) is 28.8 Å². The van der Waals surface area contributed by atoms with E-state index >= 15 is 0 Å². The van der Waals surface area contributed by atoms with Crippen molar-refractivity contribution in [3.8, 4) is 5.75 Å². The van der Waals surface area contributed by atoms with Crippen LogP contribution in [0.5, 0.6) is 5.75 Å². The number of nitrogens with zero attached hydrogens (tertiary/aromatic N) is 1. The van der Waals surface area contributed by atoms with E-state index in [1.54, 1.807) is 53.4 Å². The molecule has 0 radical (unpaired) electrons. The quantitative estimate of drug-likeness (QED) is 0.695. The fraction of sp³-hybridized carbons (Fsp3) is 0.158. The molecule has 0 spiro atoms. The number of carbonyl (C=O) groups is 2. The number of hydrogen-bond donors (Lipinski definition) is 1. The molecule has 0 bridgehead atoms. The SMILES string of the molecule is O=C(C=Cc1ccc(O)cc1)c1cccc(N2CCCC2=O)c1. The Labute approximate surface area is 134 Å². The number of rotatable bonds is 4. The molecule has 4 heteroatoms. The largest absolute Gasteiger partial charge is 0.508 e. The van der Waals surface area contributed by atoms with Crippen LogP contribution in [0.25, 0.3) is 6.08 Å². The number of phenols is 1. The van der Waals surface area contributed by atoms with Crippen LogP contribution >= 0.6 is 0 Å². The lowest BCUT2D eigenvalue weighted by atomic mass is 10.1. The van der Waals surface area contributed by atoms with Crippen molar-refractivity contribution < 1.29 is 14.7 Å². The molecule has 0 unspecified atom stereocenters. The topological polar surface area (TPSA) is 57.6 Å². The number of hydrogen-bond acceptors (Lipinski definition) is 3. The van der Waals surface area contributed by atoms with Crippen LogP contribution in [0.2, 0.25) is 0 Å². The Hall–Kier alpha value is -2.88. The fourth-order valence-corrected chi connectivity index (χ4v) is 2.60. The minimum Gasteiger partial charge on any atom is -0.508 e. The molecule has 1 saturated heterocycles. The van der Waals surface area contributed by atoms with Gasteiger partial charge >= 0.3 is 0 Å². The van der Waals surface area contributed by atoms with Crippen molar-refractivity contribution >= 4 is 23.5 Å². The van der Waals surface area contributed by atoms with Crippen molar-refractivity contribution in [3.63, 3.8) is 0 Å². The van der Waals surface area contributed by atoms with Gasteiger partial charge in [0, 0.05) is 24.2 Å². The highest BCUT2D eigenvalue weighted by atomic mass is 16.3. The van der Waals surface area contributed by atoms with Gasteiger partial charge in [0.25, 0.3) is 0 Å². The van der Waals surface area contributed by atoms with Crippen molar-refractivity contribution in [3.05, 3.63) is 65.7 Å². The smallest absolute Gasteiger partial charge is 0.227 e. The average molecular weight is 307 g/mol. The number of ketones is 1. The lowest BCUT2D eigenvalue weighted by Crippen LogP contribution is -2.23. The molecule has 116 valence electrons. The van der Waals surface area contributed by atoms with Crippen LogP contribution in [0, 0.1) is 0 Å². The standard InChI is InChI=1S/C19H17NO3/c21-17-9-6-14(7-10-17)8-11-18(22)15-3-1-4-16(13-15)20-12-2-5-19(20)23/h1,3-4,6-11,13,21H,2,5,12H2. The molecule has 0 aliphatic carbocycles. The third-order valence-corrected chi connectivity index (χ3v) is 3.84. The second kappa shape index (κ2) is 6.48. The number of anilines is 1. The third-order valence-electron chi connectivity index (χ3n) is 3.84. The first-order chi connectivity index (χ1) is 11.1. The van der Waals surface area contributed by atoms with Crippen LogP contribution in [0.3, 0.4) is 0 Å². The van der Waals surface area contributed by atoms with Crippen molar-refractivity contribution in [2.75, 3.05) is 11.4 Å². The van der Waals surface area contributed by atoms with Gasteiger partial charge in [-0.15, -0.1) is 0 Å². The van der Waals surface area contributed by atoms with E-state index in [2.05, 4.69) is 0 Å². The van der Waals surface area contributed by atoms with Gasteiger partial charge in [0.1, 0.15) is 5.75 Å². The highest BCUT2D eigenvalue weighted by Gasteiger charge is 2.21. The molecule has 1 aliphatic heterocycles. The van der Waals surface area contributed by atoms with Gasteiger partial charge in [-0.05, 0) is 42.3 Å². The number of phenolic OH excluding ortho intramolecular Hbond substituents is 1. The summed E-state index contributed by atoms with van der Waals surface area (Å²) in [6.45, 7) is 0.708. The third kappa shape index (κ3) is 3.48. The molecule has 0 aromatic heterocycles. The first kappa shape index (κ1) is 15.0. The molecule has 0 atom stereocenters. The van der Waals surface area contributed by atoms with Crippen molar-refractivity contribution in [1.29, 1.82) is 0 Å². The molecule has 0 saturated carbocycles. The van der Waals surface area contributed by atoms with E-state index in [1.807, 2.05) is 6.07 Å². The van der Waals surface area contributed by atoms with E-state index in [1.165, 1.54) is 6.08 Å². The summed E-state index contributed by atoms with van der Waals surface area (Å²) in [7, 11) is 0. The van der Waals surface area contributed by atoms with Crippen molar-refractivity contribution in [1.82, 2.24) is 0 Å².